The molecule has 1 aromatic carbocycles. The number of carbonyl (C=O) groups is 1. The summed E-state index contributed by atoms with van der Waals surface area (Å²) >= 11 is 0. The van der Waals surface area contributed by atoms with Crippen LogP contribution in [-0.4, -0.2) is 26.2 Å². The zero-order chi connectivity index (χ0) is 10.8. The Hall–Kier alpha value is -1.84. The number of ether oxygens (including phenoxy) is 2. The molecule has 2 rings (SSSR count). The van der Waals surface area contributed by atoms with Gasteiger partial charge in [0.1, 0.15) is 0 Å². The summed E-state index contributed by atoms with van der Waals surface area (Å²) in [6.45, 7) is 0. The van der Waals surface area contributed by atoms with Gasteiger partial charge in [-0.3, -0.25) is 9.79 Å². The van der Waals surface area contributed by atoms with E-state index in [1.54, 1.807) is 25.5 Å². The van der Waals surface area contributed by atoms with Crippen LogP contribution in [0.3, 0.4) is 0 Å². The van der Waals surface area contributed by atoms with E-state index in [1.807, 2.05) is 0 Å². The van der Waals surface area contributed by atoms with E-state index in [0.717, 1.165) is 0 Å². The normalized spacial score (nSPS) is 13.6. The van der Waals surface area contributed by atoms with Crippen LogP contribution >= 0.6 is 0 Å². The van der Waals surface area contributed by atoms with Gasteiger partial charge < -0.3 is 9.47 Å². The topological polar surface area (TPSA) is 47.9 Å². The van der Waals surface area contributed by atoms with Crippen LogP contribution in [0.25, 0.3) is 0 Å². The molecule has 0 fully saturated rings. The molecular weight excluding hydrogens is 194 g/mol. The first-order valence-electron chi connectivity index (χ1n) is 4.58. The number of hydrogen-bond donors (Lipinski definition) is 0. The summed E-state index contributed by atoms with van der Waals surface area (Å²) < 4.78 is 10.3. The smallest absolute Gasteiger partial charge is 0.174 e. The second-order valence-corrected chi connectivity index (χ2v) is 3.13. The molecule has 0 bridgehead atoms. The number of benzene rings is 1. The fraction of sp³-hybridized carbons (Fsp3) is 0.273. The van der Waals surface area contributed by atoms with E-state index in [4.69, 9.17) is 9.47 Å². The van der Waals surface area contributed by atoms with E-state index in [1.165, 1.54) is 7.11 Å². The molecule has 1 aliphatic heterocycles. The molecule has 0 atom stereocenters. The zero-order valence-corrected chi connectivity index (χ0v) is 8.61. The molecule has 0 amide bonds. The van der Waals surface area contributed by atoms with E-state index in [9.17, 15) is 4.79 Å². The Bertz CT molecular complexity index is 438. The molecule has 0 aromatic heterocycles. The number of rotatable bonds is 2. The molecule has 0 saturated heterocycles. The highest BCUT2D eigenvalue weighted by atomic mass is 16.5. The Morgan fingerprint density at radius 2 is 2.07 bits per heavy atom. The number of ketones is 1. The summed E-state index contributed by atoms with van der Waals surface area (Å²) in [4.78, 5) is 15.9. The van der Waals surface area contributed by atoms with Gasteiger partial charge in [-0.15, -0.1) is 0 Å². The highest BCUT2D eigenvalue weighted by Crippen LogP contribution is 2.39. The van der Waals surface area contributed by atoms with Crippen molar-refractivity contribution in [2.45, 2.75) is 6.42 Å². The van der Waals surface area contributed by atoms with Crippen LogP contribution in [0.1, 0.15) is 16.8 Å². The molecule has 78 valence electrons. The van der Waals surface area contributed by atoms with Gasteiger partial charge in [-0.1, -0.05) is 0 Å². The number of nitrogens with zero attached hydrogens (tertiary/aromatic N) is 1. The first-order chi connectivity index (χ1) is 7.27. The second kappa shape index (κ2) is 3.73. The van der Waals surface area contributed by atoms with Gasteiger partial charge in [-0.2, -0.15) is 0 Å². The molecule has 0 unspecified atom stereocenters. The van der Waals surface area contributed by atoms with Crippen LogP contribution in [0.2, 0.25) is 0 Å². The average molecular weight is 205 g/mol. The fourth-order valence-corrected chi connectivity index (χ4v) is 1.62. The molecule has 1 aliphatic rings. The Labute approximate surface area is 87.5 Å². The van der Waals surface area contributed by atoms with E-state index in [2.05, 4.69) is 4.99 Å². The number of hydrogen-bond acceptors (Lipinski definition) is 4. The first kappa shape index (κ1) is 9.71. The van der Waals surface area contributed by atoms with Gasteiger partial charge in [-0.05, 0) is 12.1 Å². The highest BCUT2D eigenvalue weighted by molar-refractivity contribution is 6.12. The van der Waals surface area contributed by atoms with Gasteiger partial charge in [-0.25, -0.2) is 0 Å². The van der Waals surface area contributed by atoms with E-state index >= 15 is 0 Å². The van der Waals surface area contributed by atoms with E-state index < -0.39 is 0 Å². The third kappa shape index (κ3) is 1.48. The lowest BCUT2D eigenvalue weighted by Gasteiger charge is -2.15. The van der Waals surface area contributed by atoms with Crippen molar-refractivity contribution >= 4 is 17.7 Å². The molecule has 15 heavy (non-hydrogen) atoms. The van der Waals surface area contributed by atoms with Crippen molar-refractivity contribution in [3.8, 4) is 11.5 Å². The maximum Gasteiger partial charge on any atom is 0.174 e. The molecule has 0 radical (unpaired) electrons. The average Bonchev–Trinajstić information content (AvgIpc) is 2.28. The minimum Gasteiger partial charge on any atom is -0.493 e. The summed E-state index contributed by atoms with van der Waals surface area (Å²) in [5, 5.41) is 0. The Balaban J connectivity index is 2.67. The van der Waals surface area contributed by atoms with Crippen molar-refractivity contribution in [1.82, 2.24) is 0 Å². The summed E-state index contributed by atoms with van der Waals surface area (Å²) in [6.07, 6.45) is 1.92. The summed E-state index contributed by atoms with van der Waals surface area (Å²) in [5.41, 5.74) is 1.16. The molecule has 0 N–H and O–H groups in total. The Kier molecular flexibility index (Phi) is 2.41. The minimum atomic E-state index is 0.00995. The maximum absolute atomic E-state index is 11.7. The molecule has 0 saturated carbocycles. The lowest BCUT2D eigenvalue weighted by atomic mass is 10.0. The van der Waals surface area contributed by atoms with Crippen LogP contribution < -0.4 is 9.47 Å². The van der Waals surface area contributed by atoms with Crippen molar-refractivity contribution in [2.24, 2.45) is 4.99 Å². The Morgan fingerprint density at radius 1 is 1.27 bits per heavy atom. The number of carbonyl (C=O) groups excluding carboxylic acids is 1. The number of Topliss-reactive ketones (excluding diaryl/α,β-unsaturated/α-hetero) is 1. The van der Waals surface area contributed by atoms with Gasteiger partial charge in [0.25, 0.3) is 0 Å². The van der Waals surface area contributed by atoms with Crippen LogP contribution in [0.5, 0.6) is 11.5 Å². The molecule has 1 aromatic rings. The first-order valence-corrected chi connectivity index (χ1v) is 4.58. The third-order valence-corrected chi connectivity index (χ3v) is 2.31. The lowest BCUT2D eigenvalue weighted by molar-refractivity contribution is 0.0997. The molecular formula is C11H11NO3. The van der Waals surface area contributed by atoms with Gasteiger partial charge in [0.15, 0.2) is 17.3 Å². The van der Waals surface area contributed by atoms with Gasteiger partial charge in [0.05, 0.1) is 25.5 Å². The molecule has 0 spiro atoms. The summed E-state index contributed by atoms with van der Waals surface area (Å²) in [5.74, 6) is 1.04. The molecule has 4 heteroatoms. The van der Waals surface area contributed by atoms with Crippen LogP contribution in [0, 0.1) is 0 Å². The standard InChI is InChI=1S/C11H11NO3/c1-14-9-4-3-7-10(11(9)15-2)8(13)5-6-12-7/h3-4,6H,5H2,1-2H3. The predicted molar refractivity (Wildman–Crippen MR) is 56.6 cm³/mol. The predicted octanol–water partition coefficient (Wildman–Crippen LogP) is 1.99. The third-order valence-electron chi connectivity index (χ3n) is 2.31. The van der Waals surface area contributed by atoms with Gasteiger partial charge in [0, 0.05) is 12.6 Å². The van der Waals surface area contributed by atoms with Crippen molar-refractivity contribution in [2.75, 3.05) is 14.2 Å². The second-order valence-electron chi connectivity index (χ2n) is 3.13. The van der Waals surface area contributed by atoms with E-state index in [0.29, 0.717) is 29.2 Å². The van der Waals surface area contributed by atoms with Crippen LogP contribution in [0.4, 0.5) is 5.69 Å². The quantitative estimate of drug-likeness (QED) is 0.741. The number of fused-ring (bicyclic) bond motifs is 1. The van der Waals surface area contributed by atoms with Crippen molar-refractivity contribution < 1.29 is 14.3 Å². The van der Waals surface area contributed by atoms with Crippen LogP contribution in [-0.2, 0) is 0 Å². The zero-order valence-electron chi connectivity index (χ0n) is 8.61. The maximum atomic E-state index is 11.7. The molecule has 4 nitrogen and oxygen atoms in total. The SMILES string of the molecule is COc1ccc2c(c1OC)C(=O)CC=N2. The van der Waals surface area contributed by atoms with Crippen molar-refractivity contribution in [3.05, 3.63) is 17.7 Å². The molecule has 0 aliphatic carbocycles. The highest BCUT2D eigenvalue weighted by Gasteiger charge is 2.22. The monoisotopic (exact) mass is 205 g/mol. The number of aliphatic imine (C=N–C) groups is 1. The van der Waals surface area contributed by atoms with Crippen LogP contribution in [0.15, 0.2) is 17.1 Å². The Morgan fingerprint density at radius 3 is 2.73 bits per heavy atom. The fourth-order valence-electron chi connectivity index (χ4n) is 1.62. The number of methoxy groups -OCH3 is 2. The summed E-state index contributed by atoms with van der Waals surface area (Å²) in [6, 6.07) is 3.50. The van der Waals surface area contributed by atoms with Crippen molar-refractivity contribution in [1.29, 1.82) is 0 Å². The van der Waals surface area contributed by atoms with Gasteiger partial charge in [0.2, 0.25) is 0 Å². The minimum absolute atomic E-state index is 0.00995. The van der Waals surface area contributed by atoms with Crippen molar-refractivity contribution in [3.63, 3.8) is 0 Å². The molecule has 1 heterocycles. The summed E-state index contributed by atoms with van der Waals surface area (Å²) in [7, 11) is 3.06. The largest absolute Gasteiger partial charge is 0.493 e. The lowest BCUT2D eigenvalue weighted by Crippen LogP contribution is -2.07. The van der Waals surface area contributed by atoms with E-state index in [-0.39, 0.29) is 5.78 Å². The van der Waals surface area contributed by atoms with Gasteiger partial charge >= 0.3 is 0 Å².